The molecule has 0 atom stereocenters. The molecule has 0 bridgehead atoms. The lowest BCUT2D eigenvalue weighted by atomic mass is 10.2. The Bertz CT molecular complexity index is 546. The first-order valence-electron chi connectivity index (χ1n) is 7.05. The first-order valence-corrected chi connectivity index (χ1v) is 10.6. The van der Waals surface area contributed by atoms with Gasteiger partial charge in [-0.3, -0.25) is 0 Å². The summed E-state index contributed by atoms with van der Waals surface area (Å²) in [6.45, 7) is 0.666. The fourth-order valence-corrected chi connectivity index (χ4v) is 6.13. The number of rotatable bonds is 6. The summed E-state index contributed by atoms with van der Waals surface area (Å²) in [7, 11) is -3.36. The SMILES string of the molecule is O=S(=O)(NC1CCSCC1)c1ccsc1CNC1CC1. The Hall–Kier alpha value is -0.0800. The molecule has 0 spiro atoms. The molecule has 1 aliphatic heterocycles. The van der Waals surface area contributed by atoms with Crippen LogP contribution in [-0.4, -0.2) is 32.0 Å². The van der Waals surface area contributed by atoms with E-state index in [1.54, 1.807) is 6.07 Å². The van der Waals surface area contributed by atoms with Crippen molar-refractivity contribution in [3.63, 3.8) is 0 Å². The fourth-order valence-electron chi connectivity index (χ4n) is 2.32. The van der Waals surface area contributed by atoms with Gasteiger partial charge in [-0.2, -0.15) is 11.8 Å². The summed E-state index contributed by atoms with van der Waals surface area (Å²) in [4.78, 5) is 1.39. The minimum Gasteiger partial charge on any atom is -0.309 e. The lowest BCUT2D eigenvalue weighted by molar-refractivity contribution is 0.528. The van der Waals surface area contributed by atoms with Crippen LogP contribution in [0.2, 0.25) is 0 Å². The fraction of sp³-hybridized carbons (Fsp3) is 0.692. The third kappa shape index (κ3) is 3.76. The molecule has 2 aliphatic rings. The van der Waals surface area contributed by atoms with Crippen molar-refractivity contribution < 1.29 is 8.42 Å². The molecular weight excluding hydrogens is 312 g/mol. The third-order valence-electron chi connectivity index (χ3n) is 3.67. The highest BCUT2D eigenvalue weighted by Gasteiger charge is 2.26. The van der Waals surface area contributed by atoms with E-state index in [0.717, 1.165) is 29.2 Å². The second-order valence-electron chi connectivity index (χ2n) is 5.37. The molecule has 112 valence electrons. The maximum Gasteiger partial charge on any atom is 0.241 e. The van der Waals surface area contributed by atoms with Crippen LogP contribution in [0, 0.1) is 0 Å². The van der Waals surface area contributed by atoms with Crippen molar-refractivity contribution in [3.8, 4) is 0 Å². The molecule has 0 unspecified atom stereocenters. The van der Waals surface area contributed by atoms with Gasteiger partial charge in [-0.1, -0.05) is 0 Å². The van der Waals surface area contributed by atoms with Crippen molar-refractivity contribution in [2.24, 2.45) is 0 Å². The van der Waals surface area contributed by atoms with E-state index >= 15 is 0 Å². The molecule has 1 saturated heterocycles. The quantitative estimate of drug-likeness (QED) is 0.838. The second kappa shape index (κ2) is 6.36. The van der Waals surface area contributed by atoms with Crippen LogP contribution in [0.5, 0.6) is 0 Å². The van der Waals surface area contributed by atoms with Crippen molar-refractivity contribution in [1.82, 2.24) is 10.0 Å². The molecular formula is C13H20N2O2S3. The molecule has 2 fully saturated rings. The number of thioether (sulfide) groups is 1. The van der Waals surface area contributed by atoms with Gasteiger partial charge in [0, 0.05) is 23.5 Å². The van der Waals surface area contributed by atoms with E-state index in [4.69, 9.17) is 0 Å². The number of nitrogens with one attached hydrogen (secondary N) is 2. The smallest absolute Gasteiger partial charge is 0.241 e. The predicted molar refractivity (Wildman–Crippen MR) is 84.8 cm³/mol. The van der Waals surface area contributed by atoms with E-state index in [2.05, 4.69) is 10.0 Å². The predicted octanol–water partition coefficient (Wildman–Crippen LogP) is 2.17. The number of hydrogen-bond donors (Lipinski definition) is 2. The van der Waals surface area contributed by atoms with Crippen LogP contribution in [0.15, 0.2) is 16.3 Å². The van der Waals surface area contributed by atoms with Crippen LogP contribution >= 0.6 is 23.1 Å². The minimum atomic E-state index is -3.36. The van der Waals surface area contributed by atoms with Crippen LogP contribution in [0.3, 0.4) is 0 Å². The number of hydrogen-bond acceptors (Lipinski definition) is 5. The molecule has 20 heavy (non-hydrogen) atoms. The average molecular weight is 333 g/mol. The largest absolute Gasteiger partial charge is 0.309 e. The van der Waals surface area contributed by atoms with Gasteiger partial charge in [0.15, 0.2) is 0 Å². The Labute approximate surface area is 128 Å². The van der Waals surface area contributed by atoms with Crippen molar-refractivity contribution in [2.75, 3.05) is 11.5 Å². The summed E-state index contributed by atoms with van der Waals surface area (Å²) in [5.74, 6) is 2.10. The van der Waals surface area contributed by atoms with Crippen molar-refractivity contribution in [3.05, 3.63) is 16.3 Å². The van der Waals surface area contributed by atoms with E-state index < -0.39 is 10.0 Å². The summed E-state index contributed by atoms with van der Waals surface area (Å²) in [6, 6.07) is 2.43. The van der Waals surface area contributed by atoms with Gasteiger partial charge in [0.25, 0.3) is 0 Å². The third-order valence-corrected chi connectivity index (χ3v) is 7.37. The summed E-state index contributed by atoms with van der Waals surface area (Å²) >= 11 is 3.42. The molecule has 2 N–H and O–H groups in total. The second-order valence-corrected chi connectivity index (χ2v) is 9.28. The van der Waals surface area contributed by atoms with E-state index in [1.807, 2.05) is 17.1 Å². The highest BCUT2D eigenvalue weighted by atomic mass is 32.2. The normalized spacial score (nSPS) is 21.2. The standard InChI is InChI=1S/C13H20N2O2S3/c16-20(17,15-11-3-6-18-7-4-11)13-5-8-19-12(13)9-14-10-1-2-10/h5,8,10-11,14-15H,1-4,6-7,9H2. The molecule has 2 heterocycles. The number of sulfonamides is 1. The van der Waals surface area contributed by atoms with Crippen molar-refractivity contribution >= 4 is 33.1 Å². The van der Waals surface area contributed by atoms with Crippen LogP contribution in [-0.2, 0) is 16.6 Å². The van der Waals surface area contributed by atoms with E-state index in [0.29, 0.717) is 17.5 Å². The molecule has 4 nitrogen and oxygen atoms in total. The molecule has 3 rings (SSSR count). The van der Waals surface area contributed by atoms with Gasteiger partial charge in [-0.25, -0.2) is 13.1 Å². The van der Waals surface area contributed by atoms with Gasteiger partial charge in [0.05, 0.1) is 4.90 Å². The zero-order valence-electron chi connectivity index (χ0n) is 11.3. The Kier molecular flexibility index (Phi) is 4.72. The Morgan fingerprint density at radius 2 is 1.90 bits per heavy atom. The molecule has 1 aromatic rings. The summed E-state index contributed by atoms with van der Waals surface area (Å²) in [6.07, 6.45) is 4.30. The van der Waals surface area contributed by atoms with Gasteiger partial charge < -0.3 is 5.32 Å². The Morgan fingerprint density at radius 1 is 1.15 bits per heavy atom. The summed E-state index contributed by atoms with van der Waals surface area (Å²) < 4.78 is 27.9. The first kappa shape index (κ1) is 14.8. The Balaban J connectivity index is 1.67. The zero-order valence-corrected chi connectivity index (χ0v) is 13.7. The molecule has 0 radical (unpaired) electrons. The first-order chi connectivity index (χ1) is 9.65. The lowest BCUT2D eigenvalue weighted by Gasteiger charge is -2.22. The molecule has 1 aromatic heterocycles. The summed E-state index contributed by atoms with van der Waals surface area (Å²) in [5.41, 5.74) is 0. The Morgan fingerprint density at radius 3 is 2.60 bits per heavy atom. The van der Waals surface area contributed by atoms with E-state index in [1.165, 1.54) is 24.2 Å². The van der Waals surface area contributed by atoms with Crippen LogP contribution in [0.4, 0.5) is 0 Å². The maximum atomic E-state index is 12.5. The lowest BCUT2D eigenvalue weighted by Crippen LogP contribution is -2.37. The van der Waals surface area contributed by atoms with Gasteiger partial charge in [0.1, 0.15) is 0 Å². The highest BCUT2D eigenvalue weighted by Crippen LogP contribution is 2.26. The van der Waals surface area contributed by atoms with E-state index in [-0.39, 0.29) is 6.04 Å². The minimum absolute atomic E-state index is 0.102. The van der Waals surface area contributed by atoms with E-state index in [9.17, 15) is 8.42 Å². The average Bonchev–Trinajstić information content (AvgIpc) is 3.13. The van der Waals surface area contributed by atoms with Crippen molar-refractivity contribution in [2.45, 2.75) is 49.2 Å². The van der Waals surface area contributed by atoms with Crippen LogP contribution < -0.4 is 10.0 Å². The number of thiophene rings is 1. The highest BCUT2D eigenvalue weighted by molar-refractivity contribution is 7.99. The molecule has 1 aliphatic carbocycles. The van der Waals surface area contributed by atoms with Gasteiger partial charge >= 0.3 is 0 Å². The molecule has 1 saturated carbocycles. The van der Waals surface area contributed by atoms with Crippen molar-refractivity contribution in [1.29, 1.82) is 0 Å². The van der Waals surface area contributed by atoms with Crippen LogP contribution in [0.25, 0.3) is 0 Å². The zero-order chi connectivity index (χ0) is 14.0. The maximum absolute atomic E-state index is 12.5. The monoisotopic (exact) mass is 332 g/mol. The van der Waals surface area contributed by atoms with Gasteiger partial charge in [-0.15, -0.1) is 11.3 Å². The summed E-state index contributed by atoms with van der Waals surface area (Å²) in [5, 5.41) is 5.26. The van der Waals surface area contributed by atoms with Gasteiger partial charge in [0.2, 0.25) is 10.0 Å². The molecule has 7 heteroatoms. The topological polar surface area (TPSA) is 58.2 Å². The molecule has 0 amide bonds. The van der Waals surface area contributed by atoms with Crippen LogP contribution in [0.1, 0.15) is 30.6 Å². The van der Waals surface area contributed by atoms with Gasteiger partial charge in [-0.05, 0) is 48.6 Å². The molecule has 0 aromatic carbocycles.